The first-order valence-corrected chi connectivity index (χ1v) is 5.94. The Morgan fingerprint density at radius 2 is 2.31 bits per heavy atom. The first-order chi connectivity index (χ1) is 7.83. The van der Waals surface area contributed by atoms with Crippen LogP contribution in [0.2, 0.25) is 0 Å². The quantitative estimate of drug-likeness (QED) is 0.726. The summed E-state index contributed by atoms with van der Waals surface area (Å²) >= 11 is 0. The van der Waals surface area contributed by atoms with Crippen molar-refractivity contribution in [3.8, 4) is 0 Å². The first kappa shape index (κ1) is 11.3. The fraction of sp³-hybridized carbons (Fsp3) is 0.667. The van der Waals surface area contributed by atoms with E-state index in [2.05, 4.69) is 16.8 Å². The highest BCUT2D eigenvalue weighted by Gasteiger charge is 2.23. The van der Waals surface area contributed by atoms with Crippen LogP contribution in [0, 0.1) is 0 Å². The highest BCUT2D eigenvalue weighted by molar-refractivity contribution is 5.52. The van der Waals surface area contributed by atoms with Crippen molar-refractivity contribution < 1.29 is 9.21 Å². The lowest BCUT2D eigenvalue weighted by Crippen LogP contribution is -2.32. The second kappa shape index (κ2) is 5.25. The molecule has 16 heavy (non-hydrogen) atoms. The summed E-state index contributed by atoms with van der Waals surface area (Å²) in [5, 5.41) is 0. The molecule has 1 saturated heterocycles. The lowest BCUT2D eigenvalue weighted by Gasteiger charge is -2.29. The summed E-state index contributed by atoms with van der Waals surface area (Å²) in [5.74, 6) is 1.93. The molecule has 4 heteroatoms. The third kappa shape index (κ3) is 2.50. The number of oxazole rings is 1. The molecule has 2 heterocycles. The lowest BCUT2D eigenvalue weighted by atomic mass is 9.97. The van der Waals surface area contributed by atoms with Crippen molar-refractivity contribution in [1.29, 1.82) is 0 Å². The molecule has 1 aliphatic rings. The normalized spacial score (nSPS) is 18.8. The monoisotopic (exact) mass is 222 g/mol. The number of nitrogens with zero attached hydrogens (tertiary/aromatic N) is 2. The minimum atomic E-state index is 0.334. The molecule has 0 bridgehead atoms. The molecule has 0 N–H and O–H groups in total. The molecule has 0 amide bonds. The van der Waals surface area contributed by atoms with Crippen LogP contribution in [0.25, 0.3) is 0 Å². The van der Waals surface area contributed by atoms with Crippen LogP contribution >= 0.6 is 0 Å². The van der Waals surface area contributed by atoms with Crippen molar-refractivity contribution in [2.24, 2.45) is 0 Å². The van der Waals surface area contributed by atoms with Crippen LogP contribution in [-0.2, 0) is 11.2 Å². The molecule has 0 spiro atoms. The Bertz CT molecular complexity index is 341. The van der Waals surface area contributed by atoms with Gasteiger partial charge in [0.2, 0.25) is 0 Å². The molecule has 1 aromatic heterocycles. The van der Waals surface area contributed by atoms with E-state index in [0.29, 0.717) is 18.1 Å². The van der Waals surface area contributed by atoms with E-state index in [9.17, 15) is 4.79 Å². The summed E-state index contributed by atoms with van der Waals surface area (Å²) < 4.78 is 5.57. The number of aldehydes is 1. The smallest absolute Gasteiger partial charge is 0.197 e. The number of rotatable bonds is 4. The summed E-state index contributed by atoms with van der Waals surface area (Å²) in [6.45, 7) is 5.54. The van der Waals surface area contributed by atoms with E-state index in [0.717, 1.165) is 44.7 Å². The van der Waals surface area contributed by atoms with Crippen molar-refractivity contribution in [3.63, 3.8) is 0 Å². The fourth-order valence-electron chi connectivity index (χ4n) is 2.18. The number of aromatic nitrogens is 1. The number of carbonyl (C=O) groups is 1. The van der Waals surface area contributed by atoms with Crippen LogP contribution < -0.4 is 0 Å². The number of hydrogen-bond acceptors (Lipinski definition) is 4. The van der Waals surface area contributed by atoms with Crippen molar-refractivity contribution in [1.82, 2.24) is 9.88 Å². The molecule has 0 saturated carbocycles. The van der Waals surface area contributed by atoms with Crippen molar-refractivity contribution >= 4 is 6.29 Å². The molecule has 4 nitrogen and oxygen atoms in total. The van der Waals surface area contributed by atoms with E-state index in [-0.39, 0.29) is 0 Å². The molecule has 0 aliphatic carbocycles. The standard InChI is InChI=1S/C12H18N2O2/c1-2-14-6-3-10(4-7-14)12-13-9-11(16-12)5-8-15/h8-10H,2-7H2,1H3. The predicted octanol–water partition coefficient (Wildman–Crippen LogP) is 1.62. The zero-order chi connectivity index (χ0) is 11.4. The Labute approximate surface area is 95.6 Å². The average molecular weight is 222 g/mol. The van der Waals surface area contributed by atoms with Gasteiger partial charge in [0, 0.05) is 5.92 Å². The summed E-state index contributed by atoms with van der Waals surface area (Å²) in [6.07, 6.45) is 5.07. The molecule has 1 aromatic rings. The van der Waals surface area contributed by atoms with E-state index in [1.54, 1.807) is 6.20 Å². The van der Waals surface area contributed by atoms with E-state index in [1.807, 2.05) is 0 Å². The summed E-state index contributed by atoms with van der Waals surface area (Å²) in [4.78, 5) is 17.0. The molecular formula is C12H18N2O2. The Balaban J connectivity index is 1.94. The van der Waals surface area contributed by atoms with Gasteiger partial charge in [-0.2, -0.15) is 0 Å². The topological polar surface area (TPSA) is 46.3 Å². The minimum Gasteiger partial charge on any atom is -0.445 e. The molecule has 0 atom stereocenters. The molecule has 2 rings (SSSR count). The maximum Gasteiger partial charge on any atom is 0.197 e. The van der Waals surface area contributed by atoms with Gasteiger partial charge in [0.25, 0.3) is 0 Å². The average Bonchev–Trinajstić information content (AvgIpc) is 2.78. The zero-order valence-electron chi connectivity index (χ0n) is 9.69. The molecule has 1 aliphatic heterocycles. The Morgan fingerprint density at radius 3 is 2.94 bits per heavy atom. The maximum absolute atomic E-state index is 10.3. The second-order valence-corrected chi connectivity index (χ2v) is 4.24. The molecule has 1 fully saturated rings. The zero-order valence-corrected chi connectivity index (χ0v) is 9.69. The maximum atomic E-state index is 10.3. The van der Waals surface area contributed by atoms with Gasteiger partial charge in [-0.15, -0.1) is 0 Å². The number of piperidine rings is 1. The summed E-state index contributed by atoms with van der Waals surface area (Å²) in [6, 6.07) is 0. The molecular weight excluding hydrogens is 204 g/mol. The highest BCUT2D eigenvalue weighted by Crippen LogP contribution is 2.27. The number of likely N-dealkylation sites (tertiary alicyclic amines) is 1. The van der Waals surface area contributed by atoms with E-state index < -0.39 is 0 Å². The number of carbonyl (C=O) groups excluding carboxylic acids is 1. The SMILES string of the molecule is CCN1CCC(c2ncc(CC=O)o2)CC1. The Kier molecular flexibility index (Phi) is 3.72. The Hall–Kier alpha value is -1.16. The molecule has 0 aromatic carbocycles. The Morgan fingerprint density at radius 1 is 1.56 bits per heavy atom. The van der Waals surface area contributed by atoms with E-state index in [4.69, 9.17) is 4.42 Å². The summed E-state index contributed by atoms with van der Waals surface area (Å²) in [7, 11) is 0. The minimum absolute atomic E-state index is 0.334. The van der Waals surface area contributed by atoms with Crippen molar-refractivity contribution in [2.45, 2.75) is 32.1 Å². The first-order valence-electron chi connectivity index (χ1n) is 5.94. The van der Waals surface area contributed by atoms with Gasteiger partial charge in [0.1, 0.15) is 12.0 Å². The molecule has 88 valence electrons. The largest absolute Gasteiger partial charge is 0.445 e. The second-order valence-electron chi connectivity index (χ2n) is 4.24. The van der Waals surface area contributed by atoms with E-state index in [1.165, 1.54) is 0 Å². The van der Waals surface area contributed by atoms with Gasteiger partial charge in [0.05, 0.1) is 12.6 Å². The fourth-order valence-corrected chi connectivity index (χ4v) is 2.18. The van der Waals surface area contributed by atoms with Crippen LogP contribution in [0.5, 0.6) is 0 Å². The van der Waals surface area contributed by atoms with Gasteiger partial charge in [-0.1, -0.05) is 6.92 Å². The van der Waals surface area contributed by atoms with Crippen LogP contribution in [0.4, 0.5) is 0 Å². The van der Waals surface area contributed by atoms with Gasteiger partial charge in [-0.05, 0) is 32.5 Å². The van der Waals surface area contributed by atoms with Crippen LogP contribution in [0.1, 0.15) is 37.3 Å². The van der Waals surface area contributed by atoms with Gasteiger partial charge < -0.3 is 14.1 Å². The van der Waals surface area contributed by atoms with Gasteiger partial charge in [-0.25, -0.2) is 4.98 Å². The molecule has 0 unspecified atom stereocenters. The highest BCUT2D eigenvalue weighted by atomic mass is 16.4. The van der Waals surface area contributed by atoms with Crippen LogP contribution in [-0.4, -0.2) is 35.8 Å². The summed E-state index contributed by atoms with van der Waals surface area (Å²) in [5.41, 5.74) is 0. The lowest BCUT2D eigenvalue weighted by molar-refractivity contribution is -0.107. The van der Waals surface area contributed by atoms with Gasteiger partial charge >= 0.3 is 0 Å². The third-order valence-electron chi connectivity index (χ3n) is 3.24. The van der Waals surface area contributed by atoms with Gasteiger partial charge in [-0.3, -0.25) is 0 Å². The van der Waals surface area contributed by atoms with Crippen LogP contribution in [0.15, 0.2) is 10.6 Å². The van der Waals surface area contributed by atoms with Crippen molar-refractivity contribution in [2.75, 3.05) is 19.6 Å². The number of hydrogen-bond donors (Lipinski definition) is 0. The molecule has 0 radical (unpaired) electrons. The van der Waals surface area contributed by atoms with Crippen LogP contribution in [0.3, 0.4) is 0 Å². The third-order valence-corrected chi connectivity index (χ3v) is 3.24. The van der Waals surface area contributed by atoms with Gasteiger partial charge in [0.15, 0.2) is 5.89 Å². The van der Waals surface area contributed by atoms with Crippen molar-refractivity contribution in [3.05, 3.63) is 17.8 Å². The van der Waals surface area contributed by atoms with E-state index >= 15 is 0 Å². The predicted molar refractivity (Wildman–Crippen MR) is 60.4 cm³/mol.